The van der Waals surface area contributed by atoms with Crippen molar-refractivity contribution in [2.75, 3.05) is 52.9 Å². The Kier molecular flexibility index (Phi) is 5.22. The van der Waals surface area contributed by atoms with Crippen LogP contribution in [-0.4, -0.2) is 74.9 Å². The molecule has 0 aromatic rings. The van der Waals surface area contributed by atoms with Crippen molar-refractivity contribution in [2.24, 2.45) is 0 Å². The van der Waals surface area contributed by atoms with Crippen molar-refractivity contribution in [2.45, 2.75) is 31.9 Å². The van der Waals surface area contributed by atoms with Gasteiger partial charge in [0, 0.05) is 51.9 Å². The highest BCUT2D eigenvalue weighted by Crippen LogP contribution is 2.27. The smallest absolute Gasteiger partial charge is 0.0604 e. The van der Waals surface area contributed by atoms with Gasteiger partial charge in [0.25, 0.3) is 0 Å². The summed E-state index contributed by atoms with van der Waals surface area (Å²) in [6.07, 6.45) is 2.99. The predicted octanol–water partition coefficient (Wildman–Crippen LogP) is 0.391. The van der Waals surface area contributed by atoms with Crippen LogP contribution in [0.4, 0.5) is 0 Å². The van der Waals surface area contributed by atoms with Crippen LogP contribution in [0.25, 0.3) is 0 Å². The van der Waals surface area contributed by atoms with Crippen molar-refractivity contribution in [3.05, 3.63) is 0 Å². The molecule has 0 bridgehead atoms. The van der Waals surface area contributed by atoms with E-state index in [1.165, 1.54) is 39.0 Å². The van der Waals surface area contributed by atoms with E-state index >= 15 is 0 Å². The highest BCUT2D eigenvalue weighted by atomic mass is 16.5. The van der Waals surface area contributed by atoms with E-state index in [1.807, 2.05) is 0 Å². The topological polar surface area (TPSA) is 27.7 Å². The van der Waals surface area contributed by atoms with Crippen molar-refractivity contribution < 1.29 is 4.74 Å². The van der Waals surface area contributed by atoms with Gasteiger partial charge in [0.05, 0.1) is 6.10 Å². The summed E-state index contributed by atoms with van der Waals surface area (Å²) >= 11 is 0. The highest BCUT2D eigenvalue weighted by molar-refractivity contribution is 4.87. The molecule has 1 aliphatic heterocycles. The number of likely N-dealkylation sites (N-methyl/N-ethyl adjacent to an activating group) is 1. The monoisotopic (exact) mass is 241 g/mol. The van der Waals surface area contributed by atoms with Crippen molar-refractivity contribution in [1.82, 2.24) is 15.1 Å². The Balaban J connectivity index is 1.56. The molecule has 0 unspecified atom stereocenters. The summed E-state index contributed by atoms with van der Waals surface area (Å²) in [5.74, 6) is 0. The quantitative estimate of drug-likeness (QED) is 0.728. The van der Waals surface area contributed by atoms with Gasteiger partial charge in [-0.2, -0.15) is 0 Å². The summed E-state index contributed by atoms with van der Waals surface area (Å²) in [5, 5.41) is 3.40. The molecule has 0 amide bonds. The maximum Gasteiger partial charge on any atom is 0.0604 e. The first-order chi connectivity index (χ1) is 8.29. The SMILES string of the molecule is CCOC1CC(N(C)CCN2CCNCC2)C1. The van der Waals surface area contributed by atoms with Crippen molar-refractivity contribution >= 4 is 0 Å². The molecule has 100 valence electrons. The molecule has 1 aliphatic carbocycles. The van der Waals surface area contributed by atoms with Gasteiger partial charge in [-0.05, 0) is 26.8 Å². The molecule has 4 heteroatoms. The van der Waals surface area contributed by atoms with Crippen LogP contribution >= 0.6 is 0 Å². The molecule has 1 heterocycles. The zero-order chi connectivity index (χ0) is 12.1. The number of piperazine rings is 1. The molecule has 0 aromatic heterocycles. The van der Waals surface area contributed by atoms with Crippen LogP contribution in [0, 0.1) is 0 Å². The fourth-order valence-electron chi connectivity index (χ4n) is 2.69. The zero-order valence-corrected chi connectivity index (χ0v) is 11.3. The fraction of sp³-hybridized carbons (Fsp3) is 1.00. The van der Waals surface area contributed by atoms with E-state index in [9.17, 15) is 0 Å². The maximum atomic E-state index is 5.61. The van der Waals surface area contributed by atoms with Crippen LogP contribution in [0.1, 0.15) is 19.8 Å². The lowest BCUT2D eigenvalue weighted by Gasteiger charge is -2.41. The molecule has 0 aromatic carbocycles. The molecule has 0 radical (unpaired) electrons. The molecule has 1 N–H and O–H groups in total. The zero-order valence-electron chi connectivity index (χ0n) is 11.3. The van der Waals surface area contributed by atoms with Gasteiger partial charge in [0.15, 0.2) is 0 Å². The van der Waals surface area contributed by atoms with E-state index in [0.29, 0.717) is 6.10 Å². The first kappa shape index (κ1) is 13.3. The molecule has 4 nitrogen and oxygen atoms in total. The van der Waals surface area contributed by atoms with Gasteiger partial charge in [-0.1, -0.05) is 0 Å². The van der Waals surface area contributed by atoms with Gasteiger partial charge < -0.3 is 15.0 Å². The average molecular weight is 241 g/mol. The second-order valence-electron chi connectivity index (χ2n) is 5.27. The minimum absolute atomic E-state index is 0.534. The average Bonchev–Trinajstić information content (AvgIpc) is 2.31. The van der Waals surface area contributed by atoms with Crippen molar-refractivity contribution in [3.8, 4) is 0 Å². The Bertz CT molecular complexity index is 213. The number of ether oxygens (including phenoxy) is 1. The van der Waals surface area contributed by atoms with Gasteiger partial charge in [-0.3, -0.25) is 4.90 Å². The lowest BCUT2D eigenvalue weighted by atomic mass is 9.88. The lowest BCUT2D eigenvalue weighted by Crippen LogP contribution is -2.50. The molecule has 1 saturated carbocycles. The standard InChI is InChI=1S/C13H27N3O/c1-3-17-13-10-12(11-13)15(2)8-9-16-6-4-14-5-7-16/h12-14H,3-11H2,1-2H3. The van der Waals surface area contributed by atoms with Crippen LogP contribution in [0.2, 0.25) is 0 Å². The van der Waals surface area contributed by atoms with Crippen LogP contribution in [0.15, 0.2) is 0 Å². The summed E-state index contributed by atoms with van der Waals surface area (Å²) in [6, 6.07) is 0.759. The lowest BCUT2D eigenvalue weighted by molar-refractivity contribution is -0.0414. The van der Waals surface area contributed by atoms with E-state index in [2.05, 4.69) is 29.1 Å². The van der Waals surface area contributed by atoms with E-state index < -0.39 is 0 Å². The highest BCUT2D eigenvalue weighted by Gasteiger charge is 2.32. The van der Waals surface area contributed by atoms with Crippen molar-refractivity contribution in [3.63, 3.8) is 0 Å². The normalized spacial score (nSPS) is 30.5. The predicted molar refractivity (Wildman–Crippen MR) is 70.4 cm³/mol. The molecule has 17 heavy (non-hydrogen) atoms. The summed E-state index contributed by atoms with van der Waals surface area (Å²) < 4.78 is 5.61. The molecule has 2 aliphatic rings. The van der Waals surface area contributed by atoms with Gasteiger partial charge in [0.1, 0.15) is 0 Å². The molecule has 2 rings (SSSR count). The molecular weight excluding hydrogens is 214 g/mol. The first-order valence-electron chi connectivity index (χ1n) is 7.04. The Morgan fingerprint density at radius 1 is 1.29 bits per heavy atom. The number of nitrogens with one attached hydrogen (secondary N) is 1. The number of hydrogen-bond donors (Lipinski definition) is 1. The van der Waals surface area contributed by atoms with Gasteiger partial charge in [0.2, 0.25) is 0 Å². The summed E-state index contributed by atoms with van der Waals surface area (Å²) in [6.45, 7) is 10.1. The largest absolute Gasteiger partial charge is 0.378 e. The van der Waals surface area contributed by atoms with E-state index in [-0.39, 0.29) is 0 Å². The molecular formula is C13H27N3O. The van der Waals surface area contributed by atoms with Gasteiger partial charge >= 0.3 is 0 Å². The third-order valence-corrected chi connectivity index (χ3v) is 4.07. The van der Waals surface area contributed by atoms with Crippen LogP contribution in [-0.2, 0) is 4.74 Å². The molecule has 0 atom stereocenters. The number of rotatable bonds is 6. The van der Waals surface area contributed by atoms with Crippen LogP contribution < -0.4 is 5.32 Å². The van der Waals surface area contributed by atoms with Crippen molar-refractivity contribution in [1.29, 1.82) is 0 Å². The molecule has 0 spiro atoms. The Hall–Kier alpha value is -0.160. The van der Waals surface area contributed by atoms with Gasteiger partial charge in [-0.25, -0.2) is 0 Å². The third kappa shape index (κ3) is 3.91. The minimum Gasteiger partial charge on any atom is -0.378 e. The Morgan fingerprint density at radius 2 is 2.00 bits per heavy atom. The Labute approximate surface area is 105 Å². The molecule has 2 fully saturated rings. The first-order valence-corrected chi connectivity index (χ1v) is 7.04. The maximum absolute atomic E-state index is 5.61. The second kappa shape index (κ2) is 6.69. The minimum atomic E-state index is 0.534. The molecule has 1 saturated heterocycles. The van der Waals surface area contributed by atoms with E-state index in [4.69, 9.17) is 4.74 Å². The van der Waals surface area contributed by atoms with E-state index in [0.717, 1.165) is 25.7 Å². The Morgan fingerprint density at radius 3 is 2.65 bits per heavy atom. The van der Waals surface area contributed by atoms with Gasteiger partial charge in [-0.15, -0.1) is 0 Å². The second-order valence-corrected chi connectivity index (χ2v) is 5.27. The summed E-state index contributed by atoms with van der Waals surface area (Å²) in [7, 11) is 2.26. The number of nitrogens with zero attached hydrogens (tertiary/aromatic N) is 2. The summed E-state index contributed by atoms with van der Waals surface area (Å²) in [4.78, 5) is 5.07. The fourth-order valence-corrected chi connectivity index (χ4v) is 2.69. The third-order valence-electron chi connectivity index (χ3n) is 4.07. The number of hydrogen-bond acceptors (Lipinski definition) is 4. The van der Waals surface area contributed by atoms with E-state index in [1.54, 1.807) is 0 Å². The summed E-state index contributed by atoms with van der Waals surface area (Å²) in [5.41, 5.74) is 0. The van der Waals surface area contributed by atoms with Crippen LogP contribution in [0.5, 0.6) is 0 Å². The van der Waals surface area contributed by atoms with Crippen LogP contribution in [0.3, 0.4) is 0 Å².